The second-order valence-electron chi connectivity index (χ2n) is 6.89. The largest absolute Gasteiger partial charge is 0.463 e. The Morgan fingerprint density at radius 1 is 1.04 bits per heavy atom. The lowest BCUT2D eigenvalue weighted by atomic mass is 9.90. The molecular formula is C19H36O5. The highest BCUT2D eigenvalue weighted by Gasteiger charge is 2.39. The van der Waals surface area contributed by atoms with Crippen molar-refractivity contribution in [2.24, 2.45) is 5.92 Å². The van der Waals surface area contributed by atoms with Crippen LogP contribution >= 0.6 is 0 Å². The highest BCUT2D eigenvalue weighted by atomic mass is 16.6. The Morgan fingerprint density at radius 3 is 2.17 bits per heavy atom. The van der Waals surface area contributed by atoms with E-state index in [1.165, 1.54) is 0 Å². The highest BCUT2D eigenvalue weighted by molar-refractivity contribution is 5.83. The number of ether oxygens (including phenoxy) is 2. The van der Waals surface area contributed by atoms with Crippen LogP contribution in [0.5, 0.6) is 0 Å². The number of hydrogen-bond acceptors (Lipinski definition) is 5. The van der Waals surface area contributed by atoms with Crippen LogP contribution in [0.1, 0.15) is 86.0 Å². The van der Waals surface area contributed by atoms with Crippen LogP contribution in [0.4, 0.5) is 0 Å². The molecular weight excluding hydrogens is 308 g/mol. The summed E-state index contributed by atoms with van der Waals surface area (Å²) in [5, 5.41) is 10.5. The maximum absolute atomic E-state index is 12.4. The molecule has 5 heteroatoms. The number of unbranched alkanes of at least 4 members (excludes halogenated alkanes) is 3. The van der Waals surface area contributed by atoms with Gasteiger partial charge in [0, 0.05) is 0 Å². The molecule has 0 bridgehead atoms. The minimum Gasteiger partial charge on any atom is -0.463 e. The Hall–Kier alpha value is -1.10. The molecule has 0 aromatic rings. The van der Waals surface area contributed by atoms with Crippen LogP contribution in [0.15, 0.2) is 0 Å². The van der Waals surface area contributed by atoms with Gasteiger partial charge in [0.15, 0.2) is 11.7 Å². The Bertz CT molecular complexity index is 367. The lowest BCUT2D eigenvalue weighted by Crippen LogP contribution is -2.44. The van der Waals surface area contributed by atoms with Gasteiger partial charge in [0.1, 0.15) is 0 Å². The summed E-state index contributed by atoms with van der Waals surface area (Å²) in [6.07, 6.45) is 4.55. The molecule has 0 aliphatic carbocycles. The van der Waals surface area contributed by atoms with E-state index in [0.717, 1.165) is 32.1 Å². The van der Waals surface area contributed by atoms with E-state index in [1.54, 1.807) is 6.92 Å². The lowest BCUT2D eigenvalue weighted by molar-refractivity contribution is -0.183. The number of rotatable bonds is 13. The average Bonchev–Trinajstić information content (AvgIpc) is 2.53. The molecule has 0 aliphatic rings. The van der Waals surface area contributed by atoms with Crippen molar-refractivity contribution in [1.29, 1.82) is 0 Å². The standard InChI is InChI=1S/C19H36O5/c1-6-9-11-12-16(17(20)23-13-10-7-2)24-18(21)19(22,8-3)14-15(4)5/h15-16,22H,6-14H2,1-5H3. The SMILES string of the molecule is CCCCCC(OC(=O)C(O)(CC)CC(C)C)C(=O)OCCCC. The number of esters is 2. The molecule has 142 valence electrons. The summed E-state index contributed by atoms with van der Waals surface area (Å²) in [6.45, 7) is 10.0. The van der Waals surface area contributed by atoms with Gasteiger partial charge in [-0.2, -0.15) is 0 Å². The maximum atomic E-state index is 12.4. The topological polar surface area (TPSA) is 72.8 Å². The zero-order valence-electron chi connectivity index (χ0n) is 16.1. The predicted octanol–water partition coefficient (Wildman–Crippen LogP) is 4.01. The third-order valence-electron chi connectivity index (χ3n) is 4.04. The van der Waals surface area contributed by atoms with Gasteiger partial charge in [-0.15, -0.1) is 0 Å². The highest BCUT2D eigenvalue weighted by Crippen LogP contribution is 2.24. The van der Waals surface area contributed by atoms with Gasteiger partial charge in [0.2, 0.25) is 0 Å². The fraction of sp³-hybridized carbons (Fsp3) is 0.895. The Balaban J connectivity index is 4.87. The fourth-order valence-corrected chi connectivity index (χ4v) is 2.50. The maximum Gasteiger partial charge on any atom is 0.347 e. The van der Waals surface area contributed by atoms with Crippen LogP contribution in [-0.2, 0) is 19.1 Å². The molecule has 1 N–H and O–H groups in total. The third-order valence-corrected chi connectivity index (χ3v) is 4.04. The van der Waals surface area contributed by atoms with Gasteiger partial charge in [-0.3, -0.25) is 0 Å². The van der Waals surface area contributed by atoms with Gasteiger partial charge in [-0.25, -0.2) is 9.59 Å². The van der Waals surface area contributed by atoms with E-state index in [2.05, 4.69) is 6.92 Å². The monoisotopic (exact) mass is 344 g/mol. The minimum absolute atomic E-state index is 0.151. The smallest absolute Gasteiger partial charge is 0.347 e. The van der Waals surface area contributed by atoms with Crippen LogP contribution < -0.4 is 0 Å². The predicted molar refractivity (Wildman–Crippen MR) is 94.6 cm³/mol. The zero-order chi connectivity index (χ0) is 18.6. The fourth-order valence-electron chi connectivity index (χ4n) is 2.50. The summed E-state index contributed by atoms with van der Waals surface area (Å²) < 4.78 is 10.6. The number of carbonyl (C=O) groups is 2. The molecule has 2 unspecified atom stereocenters. The Labute approximate surface area is 147 Å². The number of carbonyl (C=O) groups excluding carboxylic acids is 2. The van der Waals surface area contributed by atoms with E-state index >= 15 is 0 Å². The van der Waals surface area contributed by atoms with Crippen LogP contribution in [0.25, 0.3) is 0 Å². The molecule has 0 saturated carbocycles. The van der Waals surface area contributed by atoms with E-state index in [9.17, 15) is 14.7 Å². The van der Waals surface area contributed by atoms with Crippen molar-refractivity contribution in [2.45, 2.75) is 97.7 Å². The first-order valence-electron chi connectivity index (χ1n) is 9.40. The molecule has 0 aromatic heterocycles. The zero-order valence-corrected chi connectivity index (χ0v) is 16.1. The molecule has 24 heavy (non-hydrogen) atoms. The van der Waals surface area contributed by atoms with Crippen LogP contribution in [-0.4, -0.2) is 35.4 Å². The molecule has 0 spiro atoms. The summed E-state index contributed by atoms with van der Waals surface area (Å²) in [5.74, 6) is -1.07. The second kappa shape index (κ2) is 12.3. The summed E-state index contributed by atoms with van der Waals surface area (Å²) in [4.78, 5) is 24.6. The van der Waals surface area contributed by atoms with E-state index < -0.39 is 23.6 Å². The Morgan fingerprint density at radius 2 is 1.67 bits per heavy atom. The van der Waals surface area contributed by atoms with Crippen molar-refractivity contribution >= 4 is 11.9 Å². The number of aliphatic hydroxyl groups is 1. The lowest BCUT2D eigenvalue weighted by Gasteiger charge is -2.28. The summed E-state index contributed by atoms with van der Waals surface area (Å²) in [5.41, 5.74) is -1.54. The first-order chi connectivity index (χ1) is 11.3. The van der Waals surface area contributed by atoms with Gasteiger partial charge >= 0.3 is 11.9 Å². The van der Waals surface area contributed by atoms with E-state index in [4.69, 9.17) is 9.47 Å². The summed E-state index contributed by atoms with van der Waals surface area (Å²) in [7, 11) is 0. The first kappa shape index (κ1) is 22.9. The second-order valence-corrected chi connectivity index (χ2v) is 6.89. The third kappa shape index (κ3) is 8.67. The van der Waals surface area contributed by atoms with Crippen molar-refractivity contribution in [1.82, 2.24) is 0 Å². The molecule has 0 radical (unpaired) electrons. The van der Waals surface area contributed by atoms with Crippen molar-refractivity contribution in [2.75, 3.05) is 6.61 Å². The van der Waals surface area contributed by atoms with Crippen LogP contribution in [0.2, 0.25) is 0 Å². The normalized spacial score (nSPS) is 15.0. The molecule has 0 saturated heterocycles. The summed E-state index contributed by atoms with van der Waals surface area (Å²) >= 11 is 0. The summed E-state index contributed by atoms with van der Waals surface area (Å²) in [6, 6.07) is 0. The van der Waals surface area contributed by atoms with Gasteiger partial charge < -0.3 is 14.6 Å². The average molecular weight is 344 g/mol. The molecule has 0 aliphatic heterocycles. The molecule has 0 rings (SSSR count). The van der Waals surface area contributed by atoms with Crippen molar-refractivity contribution in [3.8, 4) is 0 Å². The van der Waals surface area contributed by atoms with Crippen molar-refractivity contribution < 1.29 is 24.2 Å². The van der Waals surface area contributed by atoms with Crippen LogP contribution in [0, 0.1) is 5.92 Å². The van der Waals surface area contributed by atoms with E-state index in [1.807, 2.05) is 20.8 Å². The van der Waals surface area contributed by atoms with Gasteiger partial charge in [-0.05, 0) is 38.0 Å². The molecule has 0 amide bonds. The molecule has 5 nitrogen and oxygen atoms in total. The minimum atomic E-state index is -1.54. The van der Waals surface area contributed by atoms with Crippen molar-refractivity contribution in [3.05, 3.63) is 0 Å². The van der Waals surface area contributed by atoms with E-state index in [0.29, 0.717) is 19.4 Å². The van der Waals surface area contributed by atoms with Gasteiger partial charge in [0.05, 0.1) is 6.61 Å². The van der Waals surface area contributed by atoms with Crippen LogP contribution in [0.3, 0.4) is 0 Å². The van der Waals surface area contributed by atoms with E-state index in [-0.39, 0.29) is 12.3 Å². The molecule has 2 atom stereocenters. The quantitative estimate of drug-likeness (QED) is 0.404. The van der Waals surface area contributed by atoms with Gasteiger partial charge in [-0.1, -0.05) is 53.9 Å². The van der Waals surface area contributed by atoms with Crippen molar-refractivity contribution in [3.63, 3.8) is 0 Å². The molecule has 0 fully saturated rings. The molecule has 0 heterocycles. The first-order valence-corrected chi connectivity index (χ1v) is 9.40. The number of hydrogen-bond donors (Lipinski definition) is 1. The van der Waals surface area contributed by atoms with Gasteiger partial charge in [0.25, 0.3) is 0 Å². The molecule has 0 aromatic carbocycles. The Kier molecular flexibility index (Phi) is 11.7.